The molecule has 0 radical (unpaired) electrons. The van der Waals surface area contributed by atoms with Crippen LogP contribution in [0.5, 0.6) is 0 Å². The zero-order valence-corrected chi connectivity index (χ0v) is 10.1. The molecule has 0 aliphatic carbocycles. The van der Waals surface area contributed by atoms with Crippen LogP contribution in [0.25, 0.3) is 0 Å². The third kappa shape index (κ3) is 4.44. The molecule has 15 heavy (non-hydrogen) atoms. The summed E-state index contributed by atoms with van der Waals surface area (Å²) in [5, 5.41) is 9.87. The number of sulfone groups is 1. The summed E-state index contributed by atoms with van der Waals surface area (Å²) in [5.74, 6) is 0.157. The highest BCUT2D eigenvalue weighted by atomic mass is 32.2. The zero-order valence-electron chi connectivity index (χ0n) is 9.24. The molecular formula is C9H17N3O2S. The van der Waals surface area contributed by atoms with Gasteiger partial charge in [0.2, 0.25) is 0 Å². The van der Waals surface area contributed by atoms with E-state index in [1.807, 2.05) is 13.8 Å². The van der Waals surface area contributed by atoms with E-state index in [2.05, 4.69) is 15.5 Å². The van der Waals surface area contributed by atoms with Crippen LogP contribution in [0, 0.1) is 6.92 Å². The predicted molar refractivity (Wildman–Crippen MR) is 59.3 cm³/mol. The molecule has 6 heteroatoms. The molecule has 0 aliphatic heterocycles. The zero-order chi connectivity index (χ0) is 11.5. The van der Waals surface area contributed by atoms with Crippen molar-refractivity contribution in [3.05, 3.63) is 17.5 Å². The van der Waals surface area contributed by atoms with Gasteiger partial charge in [-0.25, -0.2) is 8.42 Å². The van der Waals surface area contributed by atoms with Gasteiger partial charge in [-0.2, -0.15) is 5.10 Å². The van der Waals surface area contributed by atoms with Crippen molar-refractivity contribution in [3.63, 3.8) is 0 Å². The van der Waals surface area contributed by atoms with Crippen molar-refractivity contribution in [3.8, 4) is 0 Å². The molecule has 0 spiro atoms. The van der Waals surface area contributed by atoms with Crippen LogP contribution in [0.1, 0.15) is 18.2 Å². The molecule has 1 aromatic rings. The summed E-state index contributed by atoms with van der Waals surface area (Å²) in [5.41, 5.74) is 2.07. The normalized spacial score (nSPS) is 14.1. The fourth-order valence-electron chi connectivity index (χ4n) is 1.35. The number of aromatic amines is 1. The number of aromatic nitrogens is 2. The van der Waals surface area contributed by atoms with Crippen LogP contribution < -0.4 is 5.32 Å². The van der Waals surface area contributed by atoms with Gasteiger partial charge in [0.1, 0.15) is 9.84 Å². The van der Waals surface area contributed by atoms with Crippen LogP contribution in [0.3, 0.4) is 0 Å². The number of aryl methyl sites for hydroxylation is 1. The lowest BCUT2D eigenvalue weighted by Gasteiger charge is -2.11. The Morgan fingerprint density at radius 1 is 1.60 bits per heavy atom. The average molecular weight is 231 g/mol. The molecule has 0 aromatic carbocycles. The third-order valence-electron chi connectivity index (χ3n) is 2.13. The van der Waals surface area contributed by atoms with Crippen molar-refractivity contribution in [1.82, 2.24) is 15.5 Å². The molecule has 1 aromatic heterocycles. The van der Waals surface area contributed by atoms with E-state index in [4.69, 9.17) is 0 Å². The van der Waals surface area contributed by atoms with Crippen molar-refractivity contribution < 1.29 is 8.42 Å². The van der Waals surface area contributed by atoms with Gasteiger partial charge < -0.3 is 5.32 Å². The molecule has 1 rings (SSSR count). The van der Waals surface area contributed by atoms with Crippen molar-refractivity contribution in [1.29, 1.82) is 0 Å². The molecule has 0 aliphatic rings. The maximum absolute atomic E-state index is 11.0. The molecule has 1 heterocycles. The molecule has 5 nitrogen and oxygen atoms in total. The molecule has 0 saturated heterocycles. The van der Waals surface area contributed by atoms with Crippen LogP contribution >= 0.6 is 0 Å². The molecule has 0 saturated carbocycles. The minimum atomic E-state index is -2.91. The second-order valence-corrected chi connectivity index (χ2v) is 6.08. The van der Waals surface area contributed by atoms with Gasteiger partial charge in [0.15, 0.2) is 0 Å². The Bertz CT molecular complexity index is 411. The predicted octanol–water partition coefficient (Wildman–Crippen LogP) is 0.241. The lowest BCUT2D eigenvalue weighted by Crippen LogP contribution is -2.32. The second-order valence-electron chi connectivity index (χ2n) is 3.89. The number of H-pyrrole nitrogens is 1. The molecular weight excluding hydrogens is 214 g/mol. The molecule has 0 bridgehead atoms. The van der Waals surface area contributed by atoms with Crippen LogP contribution in [-0.2, 0) is 16.4 Å². The van der Waals surface area contributed by atoms with E-state index in [1.54, 1.807) is 6.20 Å². The van der Waals surface area contributed by atoms with E-state index in [1.165, 1.54) is 6.26 Å². The van der Waals surface area contributed by atoms with Gasteiger partial charge in [-0.15, -0.1) is 0 Å². The summed E-state index contributed by atoms with van der Waals surface area (Å²) in [7, 11) is -2.91. The van der Waals surface area contributed by atoms with Gasteiger partial charge in [0.25, 0.3) is 0 Å². The maximum atomic E-state index is 11.0. The first kappa shape index (κ1) is 12.2. The Hall–Kier alpha value is -0.880. The highest BCUT2D eigenvalue weighted by Crippen LogP contribution is 2.02. The van der Waals surface area contributed by atoms with Crippen LogP contribution in [0.4, 0.5) is 0 Å². The van der Waals surface area contributed by atoms with Gasteiger partial charge in [-0.05, 0) is 13.8 Å². The van der Waals surface area contributed by atoms with Crippen molar-refractivity contribution in [2.75, 3.05) is 12.0 Å². The van der Waals surface area contributed by atoms with Gasteiger partial charge in [0, 0.05) is 30.1 Å². The first-order valence-electron chi connectivity index (χ1n) is 4.78. The summed E-state index contributed by atoms with van der Waals surface area (Å²) in [6, 6.07) is -0.0469. The summed E-state index contributed by atoms with van der Waals surface area (Å²) in [6.45, 7) is 4.43. The lowest BCUT2D eigenvalue weighted by atomic mass is 10.2. The fraction of sp³-hybridized carbons (Fsp3) is 0.667. The first-order chi connectivity index (χ1) is 6.88. The van der Waals surface area contributed by atoms with Gasteiger partial charge in [0.05, 0.1) is 11.9 Å². The second kappa shape index (κ2) is 4.76. The van der Waals surface area contributed by atoms with Crippen molar-refractivity contribution in [2.24, 2.45) is 0 Å². The highest BCUT2D eigenvalue weighted by molar-refractivity contribution is 7.90. The third-order valence-corrected chi connectivity index (χ3v) is 3.23. The average Bonchev–Trinajstić information content (AvgIpc) is 2.44. The maximum Gasteiger partial charge on any atom is 0.148 e. The monoisotopic (exact) mass is 231 g/mol. The SMILES string of the molecule is Cc1[nH]ncc1CNC(C)CS(C)(=O)=O. The lowest BCUT2D eigenvalue weighted by molar-refractivity contribution is 0.559. The molecule has 2 N–H and O–H groups in total. The minimum absolute atomic E-state index is 0.0469. The van der Waals surface area contributed by atoms with Crippen LogP contribution in [0.2, 0.25) is 0 Å². The van der Waals surface area contributed by atoms with Crippen LogP contribution in [0.15, 0.2) is 6.20 Å². The Kier molecular flexibility index (Phi) is 3.87. The topological polar surface area (TPSA) is 74.8 Å². The smallest absolute Gasteiger partial charge is 0.148 e. The van der Waals surface area contributed by atoms with Crippen molar-refractivity contribution >= 4 is 9.84 Å². The summed E-state index contributed by atoms with van der Waals surface area (Å²) in [6.07, 6.45) is 2.99. The molecule has 0 amide bonds. The fourth-order valence-corrected chi connectivity index (χ4v) is 2.38. The molecule has 0 fully saturated rings. The summed E-state index contributed by atoms with van der Waals surface area (Å²) in [4.78, 5) is 0. The molecule has 86 valence electrons. The quantitative estimate of drug-likeness (QED) is 0.761. The Labute approximate surface area is 90.2 Å². The number of hydrogen-bond donors (Lipinski definition) is 2. The van der Waals surface area contributed by atoms with Gasteiger partial charge in [-0.1, -0.05) is 0 Å². The molecule has 1 unspecified atom stereocenters. The number of nitrogens with one attached hydrogen (secondary N) is 2. The molecule has 1 atom stereocenters. The number of hydrogen-bond acceptors (Lipinski definition) is 4. The van der Waals surface area contributed by atoms with E-state index < -0.39 is 9.84 Å². The minimum Gasteiger partial charge on any atom is -0.309 e. The van der Waals surface area contributed by atoms with E-state index in [9.17, 15) is 8.42 Å². The number of rotatable bonds is 5. The summed E-state index contributed by atoms with van der Waals surface area (Å²) < 4.78 is 22.0. The first-order valence-corrected chi connectivity index (χ1v) is 6.84. The standard InChI is InChI=1S/C9H17N3O2S/c1-7(6-15(3,13)14)10-4-9-5-11-12-8(9)2/h5,7,10H,4,6H2,1-3H3,(H,11,12). The number of nitrogens with zero attached hydrogens (tertiary/aromatic N) is 1. The Morgan fingerprint density at radius 2 is 2.27 bits per heavy atom. The highest BCUT2D eigenvalue weighted by Gasteiger charge is 2.10. The van der Waals surface area contributed by atoms with E-state index >= 15 is 0 Å². The van der Waals surface area contributed by atoms with E-state index in [-0.39, 0.29) is 11.8 Å². The summed E-state index contributed by atoms with van der Waals surface area (Å²) >= 11 is 0. The Balaban J connectivity index is 2.41. The Morgan fingerprint density at radius 3 is 2.73 bits per heavy atom. The van der Waals surface area contributed by atoms with E-state index in [0.717, 1.165) is 11.3 Å². The largest absolute Gasteiger partial charge is 0.309 e. The van der Waals surface area contributed by atoms with Crippen LogP contribution in [-0.4, -0.2) is 36.7 Å². The van der Waals surface area contributed by atoms with E-state index in [0.29, 0.717) is 6.54 Å². The van der Waals surface area contributed by atoms with Crippen molar-refractivity contribution in [2.45, 2.75) is 26.4 Å². The van der Waals surface area contributed by atoms with Gasteiger partial charge >= 0.3 is 0 Å². The van der Waals surface area contributed by atoms with Gasteiger partial charge in [-0.3, -0.25) is 5.10 Å².